The number of rotatable bonds is 8. The van der Waals surface area contributed by atoms with Crippen LogP contribution in [0.4, 0.5) is 0 Å². The number of nitrogens with two attached hydrogens (primary N) is 1. The van der Waals surface area contributed by atoms with Crippen LogP contribution in [-0.4, -0.2) is 43.4 Å². The number of amides is 2. The van der Waals surface area contributed by atoms with E-state index in [2.05, 4.69) is 29.3 Å². The molecule has 148 valence electrons. The normalized spacial score (nSPS) is 21.9. The summed E-state index contributed by atoms with van der Waals surface area (Å²) in [5.74, 6) is -0.260. The van der Waals surface area contributed by atoms with Crippen LogP contribution in [0.2, 0.25) is 0 Å². The SMILES string of the molecule is CN(C)C(CNC(=O)C1CC1(C)c1ccccc1)Cc1ccc(C(N)=O)cc1. The lowest BCUT2D eigenvalue weighted by Crippen LogP contribution is -2.42. The molecule has 3 N–H and O–H groups in total. The number of hydrogen-bond acceptors (Lipinski definition) is 3. The molecule has 3 rings (SSSR count). The molecule has 28 heavy (non-hydrogen) atoms. The van der Waals surface area contributed by atoms with Gasteiger partial charge in [0.1, 0.15) is 0 Å². The van der Waals surface area contributed by atoms with E-state index in [0.29, 0.717) is 12.1 Å². The van der Waals surface area contributed by atoms with Gasteiger partial charge in [-0.1, -0.05) is 49.4 Å². The van der Waals surface area contributed by atoms with Crippen LogP contribution in [0.25, 0.3) is 0 Å². The molecule has 2 amide bonds. The molecule has 2 aromatic carbocycles. The van der Waals surface area contributed by atoms with Crippen molar-refractivity contribution >= 4 is 11.8 Å². The number of hydrogen-bond donors (Lipinski definition) is 2. The lowest BCUT2D eigenvalue weighted by atomic mass is 9.95. The Hall–Kier alpha value is -2.66. The molecule has 2 aromatic rings. The van der Waals surface area contributed by atoms with Crippen LogP contribution in [0.15, 0.2) is 54.6 Å². The Kier molecular flexibility index (Phi) is 5.84. The number of primary amides is 1. The zero-order valence-electron chi connectivity index (χ0n) is 16.8. The van der Waals surface area contributed by atoms with Gasteiger partial charge < -0.3 is 16.0 Å². The van der Waals surface area contributed by atoms with Gasteiger partial charge in [-0.2, -0.15) is 0 Å². The highest BCUT2D eigenvalue weighted by Crippen LogP contribution is 2.53. The fourth-order valence-corrected chi connectivity index (χ4v) is 3.74. The van der Waals surface area contributed by atoms with Crippen molar-refractivity contribution < 1.29 is 9.59 Å². The summed E-state index contributed by atoms with van der Waals surface area (Å²) in [6.07, 6.45) is 1.68. The smallest absolute Gasteiger partial charge is 0.248 e. The van der Waals surface area contributed by atoms with Crippen LogP contribution >= 0.6 is 0 Å². The Morgan fingerprint density at radius 3 is 2.36 bits per heavy atom. The summed E-state index contributed by atoms with van der Waals surface area (Å²) in [6.45, 7) is 2.75. The minimum Gasteiger partial charge on any atom is -0.366 e. The minimum absolute atomic E-state index is 0.0348. The first kappa shape index (κ1) is 20.1. The Bertz CT molecular complexity index is 833. The number of nitrogens with one attached hydrogen (secondary N) is 1. The summed E-state index contributed by atoms with van der Waals surface area (Å²) < 4.78 is 0. The molecule has 0 spiro atoms. The molecule has 0 saturated heterocycles. The Balaban J connectivity index is 1.57. The summed E-state index contributed by atoms with van der Waals surface area (Å²) in [5, 5.41) is 3.15. The maximum absolute atomic E-state index is 12.7. The summed E-state index contributed by atoms with van der Waals surface area (Å²) in [6, 6.07) is 17.8. The first-order valence-electron chi connectivity index (χ1n) is 9.69. The first-order chi connectivity index (χ1) is 13.3. The third-order valence-corrected chi connectivity index (χ3v) is 5.94. The number of carbonyl (C=O) groups is 2. The van der Waals surface area contributed by atoms with Gasteiger partial charge in [-0.05, 0) is 50.2 Å². The third kappa shape index (κ3) is 4.42. The van der Waals surface area contributed by atoms with Gasteiger partial charge in [-0.25, -0.2) is 0 Å². The minimum atomic E-state index is -0.422. The highest BCUT2D eigenvalue weighted by molar-refractivity contribution is 5.92. The lowest BCUT2D eigenvalue weighted by molar-refractivity contribution is -0.122. The van der Waals surface area contributed by atoms with Gasteiger partial charge in [0, 0.05) is 29.5 Å². The van der Waals surface area contributed by atoms with Gasteiger partial charge in [0.15, 0.2) is 0 Å². The van der Waals surface area contributed by atoms with Gasteiger partial charge in [-0.3, -0.25) is 9.59 Å². The molecule has 0 heterocycles. The van der Waals surface area contributed by atoms with Crippen LogP contribution in [0.5, 0.6) is 0 Å². The van der Waals surface area contributed by atoms with Crippen LogP contribution in [-0.2, 0) is 16.6 Å². The quantitative estimate of drug-likeness (QED) is 0.739. The van der Waals surface area contributed by atoms with Crippen molar-refractivity contribution in [3.05, 3.63) is 71.3 Å². The summed E-state index contributed by atoms with van der Waals surface area (Å²) in [7, 11) is 4.03. The Morgan fingerprint density at radius 1 is 1.14 bits per heavy atom. The van der Waals surface area contributed by atoms with Crippen LogP contribution in [0, 0.1) is 5.92 Å². The number of likely N-dealkylation sites (N-methyl/N-ethyl adjacent to an activating group) is 1. The van der Waals surface area contributed by atoms with E-state index in [1.54, 1.807) is 12.1 Å². The molecule has 3 unspecified atom stereocenters. The van der Waals surface area contributed by atoms with Crippen LogP contribution < -0.4 is 11.1 Å². The molecule has 5 nitrogen and oxygen atoms in total. The average molecular weight is 380 g/mol. The summed E-state index contributed by atoms with van der Waals surface area (Å²) >= 11 is 0. The molecule has 1 aliphatic rings. The van der Waals surface area contributed by atoms with Gasteiger partial charge in [0.05, 0.1) is 0 Å². The summed E-state index contributed by atoms with van der Waals surface area (Å²) in [4.78, 5) is 26.0. The standard InChI is InChI=1S/C23H29N3O2/c1-23(18-7-5-4-6-8-18)14-20(23)22(28)25-15-19(26(2)3)13-16-9-11-17(12-10-16)21(24)27/h4-12,19-20H,13-15H2,1-3H3,(H2,24,27)(H,25,28). The van der Waals surface area contributed by atoms with Gasteiger partial charge >= 0.3 is 0 Å². The van der Waals surface area contributed by atoms with E-state index in [-0.39, 0.29) is 23.3 Å². The van der Waals surface area contributed by atoms with Crippen molar-refractivity contribution in [2.45, 2.75) is 31.2 Å². The zero-order chi connectivity index (χ0) is 20.3. The third-order valence-electron chi connectivity index (χ3n) is 5.94. The van der Waals surface area contributed by atoms with E-state index in [4.69, 9.17) is 5.73 Å². The number of carbonyl (C=O) groups excluding carboxylic acids is 2. The van der Waals surface area contributed by atoms with E-state index in [1.165, 1.54) is 5.56 Å². The van der Waals surface area contributed by atoms with E-state index in [9.17, 15) is 9.59 Å². The molecule has 1 saturated carbocycles. The second kappa shape index (κ2) is 8.15. The van der Waals surface area contributed by atoms with Gasteiger partial charge in [0.2, 0.25) is 11.8 Å². The lowest BCUT2D eigenvalue weighted by Gasteiger charge is -2.25. The number of nitrogens with zero attached hydrogens (tertiary/aromatic N) is 1. The van der Waals surface area contributed by atoms with Crippen molar-refractivity contribution in [2.75, 3.05) is 20.6 Å². The van der Waals surface area contributed by atoms with Crippen molar-refractivity contribution in [3.8, 4) is 0 Å². The largest absolute Gasteiger partial charge is 0.366 e. The highest BCUT2D eigenvalue weighted by Gasteiger charge is 2.55. The monoisotopic (exact) mass is 379 g/mol. The van der Waals surface area contributed by atoms with Crippen molar-refractivity contribution in [1.29, 1.82) is 0 Å². The van der Waals surface area contributed by atoms with E-state index in [0.717, 1.165) is 18.4 Å². The van der Waals surface area contributed by atoms with E-state index in [1.807, 2.05) is 44.4 Å². The molecular formula is C23H29N3O2. The molecule has 1 fully saturated rings. The van der Waals surface area contributed by atoms with E-state index < -0.39 is 5.91 Å². The second-order valence-corrected chi connectivity index (χ2v) is 8.17. The molecule has 0 radical (unpaired) electrons. The Labute approximate surface area is 166 Å². The van der Waals surface area contributed by atoms with Crippen molar-refractivity contribution in [3.63, 3.8) is 0 Å². The van der Waals surface area contributed by atoms with Crippen molar-refractivity contribution in [2.24, 2.45) is 11.7 Å². The second-order valence-electron chi connectivity index (χ2n) is 8.17. The first-order valence-corrected chi connectivity index (χ1v) is 9.69. The highest BCUT2D eigenvalue weighted by atomic mass is 16.2. The van der Waals surface area contributed by atoms with Gasteiger partial charge in [0.25, 0.3) is 0 Å². The molecule has 5 heteroatoms. The molecule has 0 bridgehead atoms. The van der Waals surface area contributed by atoms with Gasteiger partial charge in [-0.15, -0.1) is 0 Å². The fraction of sp³-hybridized carbons (Fsp3) is 0.391. The van der Waals surface area contributed by atoms with Crippen LogP contribution in [0.3, 0.4) is 0 Å². The maximum atomic E-state index is 12.7. The molecular weight excluding hydrogens is 350 g/mol. The summed E-state index contributed by atoms with van der Waals surface area (Å²) in [5.41, 5.74) is 8.09. The van der Waals surface area contributed by atoms with Crippen LogP contribution in [0.1, 0.15) is 34.8 Å². The van der Waals surface area contributed by atoms with E-state index >= 15 is 0 Å². The molecule has 0 aromatic heterocycles. The molecule has 1 aliphatic carbocycles. The van der Waals surface area contributed by atoms with Crippen molar-refractivity contribution in [1.82, 2.24) is 10.2 Å². The number of benzene rings is 2. The molecule has 0 aliphatic heterocycles. The average Bonchev–Trinajstić information content (AvgIpc) is 3.39. The zero-order valence-corrected chi connectivity index (χ0v) is 16.8. The Morgan fingerprint density at radius 2 is 1.79 bits per heavy atom. The topological polar surface area (TPSA) is 75.4 Å². The predicted octanol–water partition coefficient (Wildman–Crippen LogP) is 2.35. The maximum Gasteiger partial charge on any atom is 0.248 e. The fourth-order valence-electron chi connectivity index (χ4n) is 3.74. The predicted molar refractivity (Wildman–Crippen MR) is 111 cm³/mol. The molecule has 3 atom stereocenters.